The fourth-order valence-corrected chi connectivity index (χ4v) is 5.46. The molecule has 0 aliphatic heterocycles. The zero-order chi connectivity index (χ0) is 34.1. The van der Waals surface area contributed by atoms with Crippen LogP contribution in [0.4, 0.5) is 5.82 Å². The van der Waals surface area contributed by atoms with E-state index in [-0.39, 0.29) is 17.2 Å². The molecule has 1 heterocycles. The summed E-state index contributed by atoms with van der Waals surface area (Å²) >= 11 is 0. The smallest absolute Gasteiger partial charge is 0.368 e. The lowest BCUT2D eigenvalue weighted by molar-refractivity contribution is -0.161. The van der Waals surface area contributed by atoms with Crippen LogP contribution in [0, 0.1) is 16.7 Å². The quantitative estimate of drug-likeness (QED) is 0.132. The van der Waals surface area contributed by atoms with Gasteiger partial charge in [0.15, 0.2) is 0 Å². The van der Waals surface area contributed by atoms with Gasteiger partial charge in [-0.05, 0) is 98.4 Å². The number of ether oxygens (including phenoxy) is 4. The molecule has 0 atom stereocenters. The number of nitrogens with one attached hydrogen (secondary N) is 1. The van der Waals surface area contributed by atoms with Crippen molar-refractivity contribution in [1.29, 1.82) is 0 Å². The lowest BCUT2D eigenvalue weighted by atomic mass is 9.98. The van der Waals surface area contributed by atoms with Crippen LogP contribution in [-0.2, 0) is 32.7 Å². The summed E-state index contributed by atoms with van der Waals surface area (Å²) in [6, 6.07) is 7.85. The van der Waals surface area contributed by atoms with Crippen LogP contribution in [-0.4, -0.2) is 49.1 Å². The van der Waals surface area contributed by atoms with Crippen molar-refractivity contribution in [3.05, 3.63) is 42.1 Å². The maximum absolute atomic E-state index is 13.8. The van der Waals surface area contributed by atoms with E-state index in [2.05, 4.69) is 10.3 Å². The second-order valence-corrected chi connectivity index (χ2v) is 15.6. The Hall–Kier alpha value is -3.47. The molecular weight excluding hydrogens is 615 g/mol. The Morgan fingerprint density at radius 2 is 1.46 bits per heavy atom. The lowest BCUT2D eigenvalue weighted by Gasteiger charge is -2.22. The molecule has 1 saturated carbocycles. The molecule has 46 heavy (non-hydrogen) atoms. The number of pyridine rings is 1. The van der Waals surface area contributed by atoms with E-state index in [0.29, 0.717) is 29.6 Å². The van der Waals surface area contributed by atoms with E-state index in [1.54, 1.807) is 59.7 Å². The van der Waals surface area contributed by atoms with E-state index in [0.717, 1.165) is 12.8 Å². The summed E-state index contributed by atoms with van der Waals surface area (Å²) < 4.78 is 46.7. The molecule has 1 amide bonds. The van der Waals surface area contributed by atoms with Crippen molar-refractivity contribution in [2.24, 2.45) is 16.7 Å². The first kappa shape index (κ1) is 37.0. The molecular formula is C33H47N2O10P. The molecule has 3 rings (SSSR count). The zero-order valence-electron chi connectivity index (χ0n) is 28.0. The van der Waals surface area contributed by atoms with Gasteiger partial charge in [-0.3, -0.25) is 28.0 Å². The Morgan fingerprint density at radius 1 is 0.891 bits per heavy atom. The number of benzene rings is 1. The van der Waals surface area contributed by atoms with Crippen molar-refractivity contribution in [3.8, 4) is 11.5 Å². The highest BCUT2D eigenvalue weighted by molar-refractivity contribution is 7.62. The predicted octanol–water partition coefficient (Wildman–Crippen LogP) is 6.64. The fourth-order valence-electron chi connectivity index (χ4n) is 4.25. The third-order valence-corrected chi connectivity index (χ3v) is 8.62. The molecule has 0 bridgehead atoms. The molecule has 12 nitrogen and oxygen atoms in total. The predicted molar refractivity (Wildman–Crippen MR) is 172 cm³/mol. The van der Waals surface area contributed by atoms with E-state index in [1.165, 1.54) is 31.2 Å². The third kappa shape index (κ3) is 11.4. The van der Waals surface area contributed by atoms with E-state index in [4.69, 9.17) is 28.0 Å². The van der Waals surface area contributed by atoms with E-state index in [1.807, 2.05) is 13.8 Å². The SMILES string of the molecule is CC(C)Oc1cc(OCC2CCCC2)cc(C(=O)Nc2ccc(P(=O)(OCOC(=O)C(C)(C)C)OCOC(=O)C(C)(C)C)cn2)c1. The maximum Gasteiger partial charge on any atom is 0.368 e. The summed E-state index contributed by atoms with van der Waals surface area (Å²) in [5, 5.41) is 2.71. The average molecular weight is 663 g/mol. The number of anilines is 1. The molecule has 1 N–H and O–H groups in total. The van der Waals surface area contributed by atoms with Gasteiger partial charge in [-0.15, -0.1) is 0 Å². The van der Waals surface area contributed by atoms with E-state index < -0.39 is 49.9 Å². The second-order valence-electron chi connectivity index (χ2n) is 13.5. The van der Waals surface area contributed by atoms with Gasteiger partial charge in [0, 0.05) is 17.8 Å². The molecule has 0 saturated heterocycles. The highest BCUT2D eigenvalue weighted by Gasteiger charge is 2.32. The van der Waals surface area contributed by atoms with Crippen molar-refractivity contribution in [2.75, 3.05) is 25.5 Å². The van der Waals surface area contributed by atoms with Crippen LogP contribution < -0.4 is 20.1 Å². The number of esters is 2. The summed E-state index contributed by atoms with van der Waals surface area (Å²) in [6.45, 7) is 13.0. The normalized spacial score (nSPS) is 14.2. The molecule has 1 aromatic heterocycles. The first-order valence-corrected chi connectivity index (χ1v) is 17.0. The summed E-state index contributed by atoms with van der Waals surface area (Å²) in [6.07, 6.45) is 5.75. The number of nitrogens with zero attached hydrogens (tertiary/aromatic N) is 1. The van der Waals surface area contributed by atoms with Gasteiger partial charge in [-0.2, -0.15) is 0 Å². The minimum atomic E-state index is -4.21. The molecule has 0 unspecified atom stereocenters. The fraction of sp³-hybridized carbons (Fsp3) is 0.576. The topological polar surface area (TPSA) is 149 Å². The van der Waals surface area contributed by atoms with Gasteiger partial charge in [-0.25, -0.2) is 4.98 Å². The Balaban J connectivity index is 1.75. The molecule has 13 heteroatoms. The number of hydrogen-bond donors (Lipinski definition) is 1. The minimum Gasteiger partial charge on any atom is -0.493 e. The number of carbonyl (C=O) groups excluding carboxylic acids is 3. The van der Waals surface area contributed by atoms with Gasteiger partial charge in [0.25, 0.3) is 5.91 Å². The molecule has 254 valence electrons. The van der Waals surface area contributed by atoms with Gasteiger partial charge < -0.3 is 24.3 Å². The molecule has 0 radical (unpaired) electrons. The van der Waals surface area contributed by atoms with Crippen LogP contribution in [0.3, 0.4) is 0 Å². The summed E-state index contributed by atoms with van der Waals surface area (Å²) in [4.78, 5) is 41.8. The van der Waals surface area contributed by atoms with Crippen LogP contribution in [0.1, 0.15) is 91.4 Å². The summed E-state index contributed by atoms with van der Waals surface area (Å²) in [5.74, 6) is 0.0691. The van der Waals surface area contributed by atoms with Gasteiger partial charge >= 0.3 is 19.5 Å². The van der Waals surface area contributed by atoms with Crippen molar-refractivity contribution < 1.29 is 46.9 Å². The molecule has 2 aromatic rings. The Labute approximate surface area is 271 Å². The Bertz CT molecular complexity index is 1350. The number of carbonyl (C=O) groups is 3. The molecule has 1 aliphatic carbocycles. The van der Waals surface area contributed by atoms with Gasteiger partial charge in [0.05, 0.1) is 28.8 Å². The highest BCUT2D eigenvalue weighted by Crippen LogP contribution is 2.47. The van der Waals surface area contributed by atoms with Crippen LogP contribution in [0.2, 0.25) is 0 Å². The van der Waals surface area contributed by atoms with Gasteiger partial charge in [0.1, 0.15) is 17.3 Å². The maximum atomic E-state index is 13.8. The molecule has 1 aliphatic rings. The third-order valence-electron chi connectivity index (χ3n) is 6.83. The summed E-state index contributed by atoms with van der Waals surface area (Å²) in [7, 11) is -4.21. The highest BCUT2D eigenvalue weighted by atomic mass is 31.2. The molecule has 1 aromatic carbocycles. The summed E-state index contributed by atoms with van der Waals surface area (Å²) in [5.41, 5.74) is -1.33. The first-order valence-electron chi connectivity index (χ1n) is 15.4. The Morgan fingerprint density at radius 3 is 1.96 bits per heavy atom. The first-order chi connectivity index (χ1) is 21.5. The Kier molecular flexibility index (Phi) is 12.8. The van der Waals surface area contributed by atoms with E-state index in [9.17, 15) is 18.9 Å². The van der Waals surface area contributed by atoms with Gasteiger partial charge in [0.2, 0.25) is 13.6 Å². The van der Waals surface area contributed by atoms with Crippen molar-refractivity contribution in [2.45, 2.75) is 87.2 Å². The van der Waals surface area contributed by atoms with Crippen molar-refractivity contribution >= 4 is 36.6 Å². The molecule has 0 spiro atoms. The monoisotopic (exact) mass is 662 g/mol. The van der Waals surface area contributed by atoms with Crippen molar-refractivity contribution in [3.63, 3.8) is 0 Å². The zero-order valence-corrected chi connectivity index (χ0v) is 28.9. The van der Waals surface area contributed by atoms with Crippen LogP contribution in [0.5, 0.6) is 11.5 Å². The minimum absolute atomic E-state index is 0.0148. The number of hydrogen-bond acceptors (Lipinski definition) is 11. The average Bonchev–Trinajstić information content (AvgIpc) is 3.49. The van der Waals surface area contributed by atoms with Crippen LogP contribution in [0.25, 0.3) is 0 Å². The molecule has 1 fully saturated rings. The van der Waals surface area contributed by atoms with Gasteiger partial charge in [-0.1, -0.05) is 12.8 Å². The lowest BCUT2D eigenvalue weighted by Crippen LogP contribution is -2.26. The van der Waals surface area contributed by atoms with Crippen LogP contribution >= 0.6 is 7.60 Å². The van der Waals surface area contributed by atoms with E-state index >= 15 is 0 Å². The number of rotatable bonds is 14. The number of aromatic nitrogens is 1. The largest absolute Gasteiger partial charge is 0.493 e. The van der Waals surface area contributed by atoms with Crippen molar-refractivity contribution in [1.82, 2.24) is 4.98 Å². The van der Waals surface area contributed by atoms with Crippen LogP contribution in [0.15, 0.2) is 36.5 Å². The standard InChI is InChI=1S/C33H47N2O10P/c1-22(2)45-26-16-24(15-25(17-26)40-19-23-11-9-10-12-23)29(36)35-28-14-13-27(18-34-28)46(39,43-20-41-30(37)32(3,4)5)44-21-42-31(38)33(6,7)8/h13-18,22-23H,9-12,19-21H2,1-8H3,(H,34,35,36). The number of amides is 1. The second kappa shape index (κ2) is 15.9.